The van der Waals surface area contributed by atoms with E-state index < -0.39 is 0 Å². The van der Waals surface area contributed by atoms with E-state index in [0.717, 1.165) is 37.4 Å². The Bertz CT molecular complexity index is 320. The molecule has 2 rings (SSSR count). The highest BCUT2D eigenvalue weighted by atomic mass is 16.5. The molecular formula is C25H50O2. The average molecular weight is 383 g/mol. The number of rotatable bonds is 9. The molecule has 0 spiro atoms. The molecule has 0 N–H and O–H groups in total. The van der Waals surface area contributed by atoms with Gasteiger partial charge in [-0.05, 0) is 49.9 Å². The third-order valence-electron chi connectivity index (χ3n) is 5.06. The fourth-order valence-corrected chi connectivity index (χ4v) is 4.01. The molecule has 0 radical (unpaired) electrons. The Labute approximate surface area is 171 Å². The van der Waals surface area contributed by atoms with Gasteiger partial charge in [0.05, 0.1) is 19.8 Å². The Kier molecular flexibility index (Phi) is 23.0. The summed E-state index contributed by atoms with van der Waals surface area (Å²) in [5.41, 5.74) is 1.65. The van der Waals surface area contributed by atoms with Gasteiger partial charge in [0.25, 0.3) is 0 Å². The second-order valence-electron chi connectivity index (χ2n) is 7.53. The molecule has 27 heavy (non-hydrogen) atoms. The molecule has 162 valence electrons. The first kappa shape index (κ1) is 28.6. The predicted octanol–water partition coefficient (Wildman–Crippen LogP) is 7.84. The highest BCUT2D eigenvalue weighted by molar-refractivity contribution is 5.11. The van der Waals surface area contributed by atoms with Crippen molar-refractivity contribution in [3.63, 3.8) is 0 Å². The van der Waals surface area contributed by atoms with E-state index in [1.165, 1.54) is 51.4 Å². The molecule has 0 aromatic rings. The van der Waals surface area contributed by atoms with Crippen LogP contribution in [0.4, 0.5) is 0 Å². The summed E-state index contributed by atoms with van der Waals surface area (Å²) in [5.74, 6) is 2.77. The van der Waals surface area contributed by atoms with Gasteiger partial charge < -0.3 is 9.47 Å². The first-order valence-electron chi connectivity index (χ1n) is 11.5. The molecule has 0 aromatic heterocycles. The van der Waals surface area contributed by atoms with Gasteiger partial charge in [0.1, 0.15) is 0 Å². The molecule has 2 aliphatic rings. The second-order valence-corrected chi connectivity index (χ2v) is 7.53. The summed E-state index contributed by atoms with van der Waals surface area (Å²) < 4.78 is 10.5. The third-order valence-corrected chi connectivity index (χ3v) is 5.06. The van der Waals surface area contributed by atoms with Crippen LogP contribution in [0.15, 0.2) is 24.8 Å². The van der Waals surface area contributed by atoms with Crippen LogP contribution in [-0.4, -0.2) is 26.9 Å². The quantitative estimate of drug-likeness (QED) is 0.299. The van der Waals surface area contributed by atoms with E-state index in [1.54, 1.807) is 12.7 Å². The van der Waals surface area contributed by atoms with Crippen molar-refractivity contribution in [2.75, 3.05) is 26.9 Å². The van der Waals surface area contributed by atoms with Gasteiger partial charge in [-0.25, -0.2) is 0 Å². The number of hydrogen-bond acceptors (Lipinski definition) is 2. The zero-order valence-corrected chi connectivity index (χ0v) is 19.5. The minimum Gasteiger partial charge on any atom is -0.382 e. The van der Waals surface area contributed by atoms with Crippen molar-refractivity contribution in [1.82, 2.24) is 0 Å². The molecule has 0 heterocycles. The zero-order valence-electron chi connectivity index (χ0n) is 19.5. The standard InChI is InChI=1S/C15H26O2.C6H14.C2H6.C2H4/c1-12-7-14-9-13(10-15(8-12)11-14)3-4-17-6-5-16-2;1-3-5-6-4-2;2*1-2/h9,12,14-15H,3-8,10-11H2,1-2H3;3-6H2,1-2H3;1-2H3;1-2H2. The van der Waals surface area contributed by atoms with Crippen LogP contribution >= 0.6 is 0 Å². The molecule has 0 amide bonds. The first-order valence-corrected chi connectivity index (χ1v) is 11.5. The maximum Gasteiger partial charge on any atom is 0.0700 e. The van der Waals surface area contributed by atoms with Crippen molar-refractivity contribution in [2.24, 2.45) is 17.8 Å². The fraction of sp³-hybridized carbons (Fsp3) is 0.840. The van der Waals surface area contributed by atoms with E-state index in [9.17, 15) is 0 Å². The van der Waals surface area contributed by atoms with Gasteiger partial charge >= 0.3 is 0 Å². The maximum atomic E-state index is 5.55. The Morgan fingerprint density at radius 1 is 0.963 bits per heavy atom. The van der Waals surface area contributed by atoms with Crippen LogP contribution in [0.25, 0.3) is 0 Å². The van der Waals surface area contributed by atoms with E-state index in [1.807, 2.05) is 13.8 Å². The van der Waals surface area contributed by atoms with Gasteiger partial charge in [0, 0.05) is 7.11 Å². The summed E-state index contributed by atoms with van der Waals surface area (Å²) in [6, 6.07) is 0. The van der Waals surface area contributed by atoms with Gasteiger partial charge in [-0.1, -0.05) is 72.0 Å². The van der Waals surface area contributed by atoms with Crippen LogP contribution in [0.1, 0.15) is 92.4 Å². The summed E-state index contributed by atoms with van der Waals surface area (Å²) in [4.78, 5) is 0. The van der Waals surface area contributed by atoms with E-state index in [2.05, 4.69) is 40.0 Å². The molecule has 3 atom stereocenters. The van der Waals surface area contributed by atoms with E-state index >= 15 is 0 Å². The Hall–Kier alpha value is -0.600. The van der Waals surface area contributed by atoms with Crippen LogP contribution in [-0.2, 0) is 9.47 Å². The minimum atomic E-state index is 0.710. The SMILES string of the molecule is C=C.CC.CCCCCC.COCCOCCC1=CC2CC(C)CC(C1)C2. The number of methoxy groups -OCH3 is 1. The monoisotopic (exact) mass is 382 g/mol. The van der Waals surface area contributed by atoms with E-state index in [-0.39, 0.29) is 0 Å². The molecule has 0 aromatic carbocycles. The van der Waals surface area contributed by atoms with Crippen LogP contribution in [0.3, 0.4) is 0 Å². The van der Waals surface area contributed by atoms with E-state index in [4.69, 9.17) is 9.47 Å². The highest BCUT2D eigenvalue weighted by Crippen LogP contribution is 2.42. The normalized spacial score (nSPS) is 22.7. The molecular weight excluding hydrogens is 332 g/mol. The molecule has 2 nitrogen and oxygen atoms in total. The third kappa shape index (κ3) is 16.1. The Morgan fingerprint density at radius 2 is 1.59 bits per heavy atom. The lowest BCUT2D eigenvalue weighted by molar-refractivity contribution is 0.0711. The number of allylic oxidation sites excluding steroid dienone is 1. The van der Waals surface area contributed by atoms with Crippen molar-refractivity contribution < 1.29 is 9.47 Å². The fourth-order valence-electron chi connectivity index (χ4n) is 4.01. The van der Waals surface area contributed by atoms with Crippen molar-refractivity contribution in [1.29, 1.82) is 0 Å². The smallest absolute Gasteiger partial charge is 0.0700 e. The van der Waals surface area contributed by atoms with Gasteiger partial charge in [-0.15, -0.1) is 13.2 Å². The number of fused-ring (bicyclic) bond motifs is 2. The van der Waals surface area contributed by atoms with Crippen LogP contribution in [0, 0.1) is 17.8 Å². The van der Waals surface area contributed by atoms with Crippen LogP contribution in [0.5, 0.6) is 0 Å². The predicted molar refractivity (Wildman–Crippen MR) is 122 cm³/mol. The molecule has 3 unspecified atom stereocenters. The van der Waals surface area contributed by atoms with Crippen LogP contribution in [0.2, 0.25) is 0 Å². The van der Waals surface area contributed by atoms with Gasteiger partial charge in [-0.2, -0.15) is 0 Å². The summed E-state index contributed by atoms with van der Waals surface area (Å²) in [6.45, 7) is 19.2. The molecule has 0 saturated heterocycles. The number of hydrogen-bond donors (Lipinski definition) is 0. The zero-order chi connectivity index (χ0) is 20.9. The minimum absolute atomic E-state index is 0.710. The van der Waals surface area contributed by atoms with Gasteiger partial charge in [0.2, 0.25) is 0 Å². The average Bonchev–Trinajstić information content (AvgIpc) is 2.69. The van der Waals surface area contributed by atoms with Crippen molar-refractivity contribution in [3.05, 3.63) is 24.8 Å². The lowest BCUT2D eigenvalue weighted by Gasteiger charge is -2.37. The Balaban J connectivity index is 0. The van der Waals surface area contributed by atoms with Crippen molar-refractivity contribution >= 4 is 0 Å². The molecule has 1 saturated carbocycles. The molecule has 2 bridgehead atoms. The van der Waals surface area contributed by atoms with Gasteiger partial charge in [-0.3, -0.25) is 0 Å². The van der Waals surface area contributed by atoms with E-state index in [0.29, 0.717) is 6.61 Å². The first-order chi connectivity index (χ1) is 13.2. The summed E-state index contributed by atoms with van der Waals surface area (Å²) in [7, 11) is 1.72. The number of unbranched alkanes of at least 4 members (excludes halogenated alkanes) is 3. The lowest BCUT2D eigenvalue weighted by Crippen LogP contribution is -2.24. The van der Waals surface area contributed by atoms with Crippen LogP contribution < -0.4 is 0 Å². The molecule has 2 heteroatoms. The summed E-state index contributed by atoms with van der Waals surface area (Å²) in [6.07, 6.45) is 14.8. The largest absolute Gasteiger partial charge is 0.382 e. The van der Waals surface area contributed by atoms with Crippen molar-refractivity contribution in [2.45, 2.75) is 92.4 Å². The lowest BCUT2D eigenvalue weighted by atomic mass is 9.69. The second kappa shape index (κ2) is 21.7. The molecule has 0 aliphatic heterocycles. The van der Waals surface area contributed by atoms with Gasteiger partial charge in [0.15, 0.2) is 0 Å². The summed E-state index contributed by atoms with van der Waals surface area (Å²) >= 11 is 0. The number of ether oxygens (including phenoxy) is 2. The highest BCUT2D eigenvalue weighted by Gasteiger charge is 2.29. The van der Waals surface area contributed by atoms with Crippen molar-refractivity contribution in [3.8, 4) is 0 Å². The molecule has 1 fully saturated rings. The Morgan fingerprint density at radius 3 is 2.11 bits per heavy atom. The topological polar surface area (TPSA) is 18.5 Å². The maximum absolute atomic E-state index is 5.55. The molecule has 2 aliphatic carbocycles. The summed E-state index contributed by atoms with van der Waals surface area (Å²) in [5, 5.41) is 0.